The summed E-state index contributed by atoms with van der Waals surface area (Å²) in [4.78, 5) is 11.7. The van der Waals surface area contributed by atoms with Crippen LogP contribution in [0.3, 0.4) is 0 Å². The van der Waals surface area contributed by atoms with Gasteiger partial charge < -0.3 is 5.21 Å². The first-order chi connectivity index (χ1) is 5.88. The normalized spacial score (nSPS) is 44.0. The molecule has 2 saturated heterocycles. The number of carbonyl (C=O) groups excluding carboxylic acids is 1. The molecule has 2 bridgehead atoms. The fourth-order valence-corrected chi connectivity index (χ4v) is 2.97. The summed E-state index contributed by atoms with van der Waals surface area (Å²) in [6.07, 6.45) is 2.38. The third-order valence-electron chi connectivity index (χ3n) is 3.83. The van der Waals surface area contributed by atoms with Crippen LogP contribution in [-0.2, 0) is 4.79 Å². The van der Waals surface area contributed by atoms with Gasteiger partial charge in [-0.15, -0.1) is 0 Å². The molecule has 0 spiro atoms. The molecule has 0 amide bonds. The summed E-state index contributed by atoms with van der Waals surface area (Å²) in [6, 6.07) is 0. The van der Waals surface area contributed by atoms with Gasteiger partial charge in [-0.2, -0.15) is 5.06 Å². The third kappa shape index (κ3) is 1.00. The van der Waals surface area contributed by atoms with E-state index in [1.165, 1.54) is 5.06 Å². The SMILES string of the molecule is CC12CCC(C(=O)C1)C(C)(C)N2O. The van der Waals surface area contributed by atoms with Gasteiger partial charge in [-0.3, -0.25) is 4.79 Å². The molecule has 3 nitrogen and oxygen atoms in total. The Morgan fingerprint density at radius 2 is 2.08 bits per heavy atom. The van der Waals surface area contributed by atoms with Gasteiger partial charge in [-0.05, 0) is 33.6 Å². The summed E-state index contributed by atoms with van der Waals surface area (Å²) in [5.41, 5.74) is -0.683. The van der Waals surface area contributed by atoms with Gasteiger partial charge in [0.1, 0.15) is 5.78 Å². The Labute approximate surface area is 78.7 Å². The Morgan fingerprint density at radius 3 is 2.54 bits per heavy atom. The first kappa shape index (κ1) is 9.16. The molecule has 0 aromatic carbocycles. The third-order valence-corrected chi connectivity index (χ3v) is 3.83. The molecule has 3 fully saturated rings. The number of rotatable bonds is 0. The highest BCUT2D eigenvalue weighted by Crippen LogP contribution is 2.48. The van der Waals surface area contributed by atoms with E-state index in [1.807, 2.05) is 20.8 Å². The van der Waals surface area contributed by atoms with Gasteiger partial charge in [0.05, 0.1) is 11.1 Å². The zero-order valence-corrected chi connectivity index (χ0v) is 8.50. The topological polar surface area (TPSA) is 40.5 Å². The monoisotopic (exact) mass is 183 g/mol. The summed E-state index contributed by atoms with van der Waals surface area (Å²) in [5, 5.41) is 11.4. The predicted octanol–water partition coefficient (Wildman–Crippen LogP) is 1.60. The molecule has 13 heavy (non-hydrogen) atoms. The van der Waals surface area contributed by atoms with Gasteiger partial charge in [0, 0.05) is 12.3 Å². The molecule has 2 aliphatic heterocycles. The molecule has 2 heterocycles. The second-order valence-corrected chi connectivity index (χ2v) is 5.20. The van der Waals surface area contributed by atoms with Crippen molar-refractivity contribution in [2.75, 3.05) is 0 Å². The van der Waals surface area contributed by atoms with Crippen molar-refractivity contribution in [2.24, 2.45) is 5.92 Å². The van der Waals surface area contributed by atoms with E-state index in [0.29, 0.717) is 12.2 Å². The van der Waals surface area contributed by atoms with Crippen LogP contribution in [0.25, 0.3) is 0 Å². The summed E-state index contributed by atoms with van der Waals surface area (Å²) in [7, 11) is 0. The lowest BCUT2D eigenvalue weighted by molar-refractivity contribution is -0.276. The molecule has 0 aromatic rings. The van der Waals surface area contributed by atoms with Gasteiger partial charge >= 0.3 is 0 Å². The van der Waals surface area contributed by atoms with Crippen molar-refractivity contribution in [3.8, 4) is 0 Å². The molecule has 0 aromatic heterocycles. The number of ketones is 1. The van der Waals surface area contributed by atoms with Crippen molar-refractivity contribution in [3.63, 3.8) is 0 Å². The average molecular weight is 183 g/mol. The Bertz CT molecular complexity index is 257. The lowest BCUT2D eigenvalue weighted by Crippen LogP contribution is -2.68. The van der Waals surface area contributed by atoms with Crippen LogP contribution in [0.4, 0.5) is 0 Å². The molecule has 3 rings (SSSR count). The Kier molecular flexibility index (Phi) is 1.65. The van der Waals surface area contributed by atoms with Crippen LogP contribution >= 0.6 is 0 Å². The Hall–Kier alpha value is -0.410. The Balaban J connectivity index is 2.42. The summed E-state index contributed by atoms with van der Waals surface area (Å²) in [5.74, 6) is 0.350. The van der Waals surface area contributed by atoms with E-state index in [0.717, 1.165) is 12.8 Å². The number of carbonyl (C=O) groups is 1. The van der Waals surface area contributed by atoms with E-state index in [4.69, 9.17) is 0 Å². The second-order valence-electron chi connectivity index (χ2n) is 5.20. The number of hydrogen-bond acceptors (Lipinski definition) is 3. The van der Waals surface area contributed by atoms with Gasteiger partial charge in [0.15, 0.2) is 0 Å². The largest absolute Gasteiger partial charge is 0.313 e. The number of hydrogen-bond donors (Lipinski definition) is 1. The summed E-state index contributed by atoms with van der Waals surface area (Å²) >= 11 is 0. The number of Topliss-reactive ketones (excluding diaryl/α,β-unsaturated/α-hetero) is 1. The van der Waals surface area contributed by atoms with Gasteiger partial charge in [0.25, 0.3) is 0 Å². The number of fused-ring (bicyclic) bond motifs is 3. The predicted molar refractivity (Wildman–Crippen MR) is 48.5 cm³/mol. The maximum atomic E-state index is 11.7. The fourth-order valence-electron chi connectivity index (χ4n) is 2.97. The van der Waals surface area contributed by atoms with Crippen molar-refractivity contribution >= 4 is 5.78 Å². The van der Waals surface area contributed by atoms with E-state index in [1.54, 1.807) is 0 Å². The van der Waals surface area contributed by atoms with Crippen LogP contribution < -0.4 is 0 Å². The molecule has 0 radical (unpaired) electrons. The fraction of sp³-hybridized carbons (Fsp3) is 0.900. The zero-order valence-electron chi connectivity index (χ0n) is 8.50. The van der Waals surface area contributed by atoms with Crippen LogP contribution in [0.5, 0.6) is 0 Å². The van der Waals surface area contributed by atoms with Crippen LogP contribution in [0.2, 0.25) is 0 Å². The maximum Gasteiger partial charge on any atom is 0.139 e. The Morgan fingerprint density at radius 1 is 1.46 bits per heavy atom. The standard InChI is InChI=1S/C10H17NO2/c1-9(2)7-4-5-10(3,11(9)13)6-8(7)12/h7,13H,4-6H2,1-3H3. The molecule has 1 aliphatic carbocycles. The van der Waals surface area contributed by atoms with Crippen LogP contribution in [0, 0.1) is 5.92 Å². The van der Waals surface area contributed by atoms with Gasteiger partial charge in [0.2, 0.25) is 0 Å². The number of piperidine rings is 2. The van der Waals surface area contributed by atoms with Crippen LogP contribution in [0.1, 0.15) is 40.0 Å². The lowest BCUT2D eigenvalue weighted by Gasteiger charge is -2.58. The number of nitrogens with zero attached hydrogens (tertiary/aromatic N) is 1. The molecule has 3 aliphatic rings. The molecule has 74 valence electrons. The van der Waals surface area contributed by atoms with Crippen molar-refractivity contribution < 1.29 is 10.0 Å². The van der Waals surface area contributed by atoms with Gasteiger partial charge in [-0.1, -0.05) is 0 Å². The molecule has 2 unspecified atom stereocenters. The number of hydroxylamine groups is 2. The summed E-state index contributed by atoms with van der Waals surface area (Å²) in [6.45, 7) is 5.88. The quantitative estimate of drug-likeness (QED) is 0.620. The average Bonchev–Trinajstić information content (AvgIpc) is 1.99. The van der Waals surface area contributed by atoms with E-state index < -0.39 is 0 Å². The molecule has 1 saturated carbocycles. The molecule has 2 atom stereocenters. The molecule has 1 N–H and O–H groups in total. The van der Waals surface area contributed by atoms with E-state index in [2.05, 4.69) is 0 Å². The minimum atomic E-state index is -0.373. The van der Waals surface area contributed by atoms with E-state index in [9.17, 15) is 10.0 Å². The lowest BCUT2D eigenvalue weighted by atomic mass is 9.63. The van der Waals surface area contributed by atoms with Crippen molar-refractivity contribution in [3.05, 3.63) is 0 Å². The molecular weight excluding hydrogens is 166 g/mol. The highest BCUT2D eigenvalue weighted by molar-refractivity contribution is 5.85. The second kappa shape index (κ2) is 2.34. The van der Waals surface area contributed by atoms with Crippen LogP contribution in [-0.4, -0.2) is 27.1 Å². The first-order valence-electron chi connectivity index (χ1n) is 4.90. The molecular formula is C10H17NO2. The van der Waals surface area contributed by atoms with Gasteiger partial charge in [-0.25, -0.2) is 0 Å². The minimum Gasteiger partial charge on any atom is -0.313 e. The molecule has 3 heteroatoms. The van der Waals surface area contributed by atoms with Crippen molar-refractivity contribution in [1.29, 1.82) is 0 Å². The van der Waals surface area contributed by atoms with Crippen molar-refractivity contribution in [1.82, 2.24) is 5.06 Å². The van der Waals surface area contributed by atoms with Crippen molar-refractivity contribution in [2.45, 2.75) is 51.1 Å². The van der Waals surface area contributed by atoms with Crippen LogP contribution in [0.15, 0.2) is 0 Å². The summed E-state index contributed by atoms with van der Waals surface area (Å²) < 4.78 is 0. The highest BCUT2D eigenvalue weighted by Gasteiger charge is 2.57. The van der Waals surface area contributed by atoms with E-state index >= 15 is 0 Å². The zero-order chi connectivity index (χ0) is 9.85. The smallest absolute Gasteiger partial charge is 0.139 e. The maximum absolute atomic E-state index is 11.7. The minimum absolute atomic E-state index is 0.0272. The van der Waals surface area contributed by atoms with E-state index in [-0.39, 0.29) is 17.0 Å². The highest BCUT2D eigenvalue weighted by atomic mass is 16.5. The first-order valence-corrected chi connectivity index (χ1v) is 4.90.